The lowest BCUT2D eigenvalue weighted by Gasteiger charge is -2.07. The van der Waals surface area contributed by atoms with Crippen molar-refractivity contribution in [3.63, 3.8) is 0 Å². The maximum atomic E-state index is 12.4. The van der Waals surface area contributed by atoms with Crippen molar-refractivity contribution in [3.8, 4) is 11.5 Å². The molecule has 7 heteroatoms. The fourth-order valence-corrected chi connectivity index (χ4v) is 2.98. The van der Waals surface area contributed by atoms with Crippen LogP contribution in [-0.2, 0) is 9.84 Å². The first-order valence-electron chi connectivity index (χ1n) is 6.00. The molecular formula is C14H14O6S. The first kappa shape index (κ1) is 15.3. The summed E-state index contributed by atoms with van der Waals surface area (Å²) in [5.74, 6) is 0.756. The molecule has 0 saturated heterocycles. The quantitative estimate of drug-likeness (QED) is 0.778. The normalized spacial score (nSPS) is 11.1. The standard InChI is InChI=1S/C14H14O6S/c15-9-19-11-1-5-13(6-2-11)21(17,18)14-7-3-12(4-8-14)20-10-16/h1-8,15-16H,9-10H2. The highest BCUT2D eigenvalue weighted by atomic mass is 32.2. The van der Waals surface area contributed by atoms with Crippen molar-refractivity contribution in [3.05, 3.63) is 48.5 Å². The molecule has 21 heavy (non-hydrogen) atoms. The minimum absolute atomic E-state index is 0.114. The SMILES string of the molecule is O=S(=O)(c1ccc(OCO)cc1)c1ccc(OCO)cc1. The molecule has 0 amide bonds. The van der Waals surface area contributed by atoms with Gasteiger partial charge in [0.15, 0.2) is 13.6 Å². The van der Waals surface area contributed by atoms with Gasteiger partial charge in [-0.1, -0.05) is 0 Å². The van der Waals surface area contributed by atoms with Crippen LogP contribution in [0.1, 0.15) is 0 Å². The van der Waals surface area contributed by atoms with Gasteiger partial charge in [0.1, 0.15) is 11.5 Å². The summed E-state index contributed by atoms with van der Waals surface area (Å²) in [5, 5.41) is 17.3. The molecule has 0 fully saturated rings. The molecule has 0 saturated carbocycles. The molecule has 0 spiro atoms. The third-order valence-electron chi connectivity index (χ3n) is 2.73. The highest BCUT2D eigenvalue weighted by Gasteiger charge is 2.17. The maximum Gasteiger partial charge on any atom is 0.206 e. The van der Waals surface area contributed by atoms with Crippen LogP contribution in [0.4, 0.5) is 0 Å². The first-order chi connectivity index (χ1) is 10.1. The first-order valence-corrected chi connectivity index (χ1v) is 7.49. The predicted octanol–water partition coefficient (Wildman–Crippen LogP) is 1.18. The summed E-state index contributed by atoms with van der Waals surface area (Å²) in [5.41, 5.74) is 0. The van der Waals surface area contributed by atoms with Gasteiger partial charge in [0.2, 0.25) is 9.84 Å². The van der Waals surface area contributed by atoms with Crippen LogP contribution in [0.3, 0.4) is 0 Å². The average Bonchev–Trinajstić information content (AvgIpc) is 2.49. The van der Waals surface area contributed by atoms with Crippen LogP contribution < -0.4 is 9.47 Å². The van der Waals surface area contributed by atoms with E-state index in [2.05, 4.69) is 0 Å². The van der Waals surface area contributed by atoms with Gasteiger partial charge in [-0.05, 0) is 48.5 Å². The van der Waals surface area contributed by atoms with Gasteiger partial charge in [0.25, 0.3) is 0 Å². The van der Waals surface area contributed by atoms with Gasteiger partial charge in [-0.25, -0.2) is 8.42 Å². The highest BCUT2D eigenvalue weighted by Crippen LogP contribution is 2.24. The molecule has 0 aliphatic heterocycles. The zero-order valence-corrected chi connectivity index (χ0v) is 11.8. The van der Waals surface area contributed by atoms with Crippen LogP contribution >= 0.6 is 0 Å². The molecule has 0 atom stereocenters. The molecule has 0 heterocycles. The van der Waals surface area contributed by atoms with E-state index in [0.29, 0.717) is 11.5 Å². The van der Waals surface area contributed by atoms with Gasteiger partial charge >= 0.3 is 0 Å². The van der Waals surface area contributed by atoms with E-state index in [1.54, 1.807) is 0 Å². The van der Waals surface area contributed by atoms with E-state index in [0.717, 1.165) is 0 Å². The molecule has 0 unspecified atom stereocenters. The Kier molecular flexibility index (Phi) is 4.79. The van der Waals surface area contributed by atoms with E-state index in [-0.39, 0.29) is 9.79 Å². The second-order valence-corrected chi connectivity index (χ2v) is 5.94. The van der Waals surface area contributed by atoms with E-state index in [9.17, 15) is 8.42 Å². The fraction of sp³-hybridized carbons (Fsp3) is 0.143. The number of aliphatic hydroxyl groups excluding tert-OH is 2. The lowest BCUT2D eigenvalue weighted by molar-refractivity contribution is 0.0981. The minimum atomic E-state index is -3.64. The predicted molar refractivity (Wildman–Crippen MR) is 73.8 cm³/mol. The number of benzene rings is 2. The van der Waals surface area contributed by atoms with Crippen LogP contribution in [-0.4, -0.2) is 32.2 Å². The third-order valence-corrected chi connectivity index (χ3v) is 4.52. The molecule has 0 aromatic heterocycles. The zero-order chi connectivity index (χ0) is 15.3. The Morgan fingerprint density at radius 1 is 0.714 bits per heavy atom. The average molecular weight is 310 g/mol. The molecule has 0 bridgehead atoms. The summed E-state index contributed by atoms with van der Waals surface area (Å²) in [7, 11) is -3.64. The van der Waals surface area contributed by atoms with E-state index >= 15 is 0 Å². The number of aliphatic hydroxyl groups is 2. The van der Waals surface area contributed by atoms with Crippen LogP contribution in [0, 0.1) is 0 Å². The molecule has 0 aliphatic rings. The van der Waals surface area contributed by atoms with E-state index in [1.165, 1.54) is 48.5 Å². The smallest absolute Gasteiger partial charge is 0.206 e. The van der Waals surface area contributed by atoms with E-state index in [4.69, 9.17) is 19.7 Å². The van der Waals surface area contributed by atoms with Crippen molar-refractivity contribution in [2.45, 2.75) is 9.79 Å². The van der Waals surface area contributed by atoms with Crippen molar-refractivity contribution in [2.75, 3.05) is 13.6 Å². The Morgan fingerprint density at radius 3 is 1.33 bits per heavy atom. The maximum absolute atomic E-state index is 12.4. The molecular weight excluding hydrogens is 296 g/mol. The van der Waals surface area contributed by atoms with Crippen LogP contribution in [0.2, 0.25) is 0 Å². The van der Waals surface area contributed by atoms with Crippen molar-refractivity contribution in [1.29, 1.82) is 0 Å². The topological polar surface area (TPSA) is 93.1 Å². The van der Waals surface area contributed by atoms with Crippen molar-refractivity contribution < 1.29 is 28.1 Å². The summed E-state index contributed by atoms with van der Waals surface area (Å²) >= 11 is 0. The second-order valence-electron chi connectivity index (χ2n) is 3.99. The van der Waals surface area contributed by atoms with Gasteiger partial charge in [-0.2, -0.15) is 0 Å². The molecule has 6 nitrogen and oxygen atoms in total. The van der Waals surface area contributed by atoms with Crippen molar-refractivity contribution >= 4 is 9.84 Å². The summed E-state index contributed by atoms with van der Waals surface area (Å²) in [4.78, 5) is 0.229. The Balaban J connectivity index is 2.28. The van der Waals surface area contributed by atoms with E-state index < -0.39 is 23.4 Å². The van der Waals surface area contributed by atoms with Crippen LogP contribution in [0.15, 0.2) is 58.3 Å². The Bertz CT molecular complexity index is 621. The summed E-state index contributed by atoms with van der Waals surface area (Å²) in [6.07, 6.45) is 0. The van der Waals surface area contributed by atoms with E-state index in [1.807, 2.05) is 0 Å². The Labute approximate surface area is 122 Å². The molecule has 0 aliphatic carbocycles. The monoisotopic (exact) mass is 310 g/mol. The summed E-state index contributed by atoms with van der Waals surface area (Å²) in [6, 6.07) is 11.5. The molecule has 2 rings (SSSR count). The largest absolute Gasteiger partial charge is 0.468 e. The van der Waals surface area contributed by atoms with Gasteiger partial charge in [-0.15, -0.1) is 0 Å². The number of rotatable bonds is 6. The van der Waals surface area contributed by atoms with Crippen LogP contribution in [0.5, 0.6) is 11.5 Å². The Morgan fingerprint density at radius 2 is 1.05 bits per heavy atom. The van der Waals surface area contributed by atoms with Gasteiger partial charge in [0, 0.05) is 0 Å². The summed E-state index contributed by atoms with van der Waals surface area (Å²) < 4.78 is 34.5. The molecule has 0 radical (unpaired) electrons. The fourth-order valence-electron chi connectivity index (χ4n) is 1.72. The number of sulfone groups is 1. The number of hydrogen-bond donors (Lipinski definition) is 2. The molecule has 2 N–H and O–H groups in total. The van der Waals surface area contributed by atoms with Gasteiger partial charge < -0.3 is 19.7 Å². The minimum Gasteiger partial charge on any atom is -0.468 e. The highest BCUT2D eigenvalue weighted by molar-refractivity contribution is 7.91. The van der Waals surface area contributed by atoms with Crippen molar-refractivity contribution in [1.82, 2.24) is 0 Å². The third kappa shape index (κ3) is 3.52. The summed E-state index contributed by atoms with van der Waals surface area (Å²) in [6.45, 7) is -0.948. The number of ether oxygens (including phenoxy) is 2. The lowest BCUT2D eigenvalue weighted by atomic mass is 10.3. The molecule has 112 valence electrons. The molecule has 2 aromatic carbocycles. The van der Waals surface area contributed by atoms with Gasteiger partial charge in [0.05, 0.1) is 9.79 Å². The second kappa shape index (κ2) is 6.57. The molecule has 2 aromatic rings. The lowest BCUT2D eigenvalue weighted by Crippen LogP contribution is -2.03. The van der Waals surface area contributed by atoms with Crippen LogP contribution in [0.25, 0.3) is 0 Å². The Hall–Kier alpha value is -2.09. The van der Waals surface area contributed by atoms with Crippen molar-refractivity contribution in [2.24, 2.45) is 0 Å². The zero-order valence-electron chi connectivity index (χ0n) is 11.0. The van der Waals surface area contributed by atoms with Gasteiger partial charge in [-0.3, -0.25) is 0 Å². The number of hydrogen-bond acceptors (Lipinski definition) is 6.